The number of nitrogen functional groups attached to an aromatic ring is 1. The van der Waals surface area contributed by atoms with Crippen LogP contribution >= 0.6 is 0 Å². The van der Waals surface area contributed by atoms with E-state index >= 15 is 0 Å². The van der Waals surface area contributed by atoms with Gasteiger partial charge in [-0.15, -0.1) is 0 Å². The summed E-state index contributed by atoms with van der Waals surface area (Å²) in [6.07, 6.45) is 1.59. The lowest BCUT2D eigenvalue weighted by Gasteiger charge is -2.32. The Kier molecular flexibility index (Phi) is 4.83. The average Bonchev–Trinajstić information content (AvgIpc) is 2.49. The highest BCUT2D eigenvalue weighted by molar-refractivity contribution is 5.96. The number of amides is 1. The molecule has 1 aromatic rings. The van der Waals surface area contributed by atoms with E-state index in [2.05, 4.69) is 0 Å². The van der Waals surface area contributed by atoms with Crippen molar-refractivity contribution in [2.75, 3.05) is 25.4 Å². The predicted molar refractivity (Wildman–Crippen MR) is 80.9 cm³/mol. The van der Waals surface area contributed by atoms with Crippen molar-refractivity contribution in [3.63, 3.8) is 0 Å². The van der Waals surface area contributed by atoms with Gasteiger partial charge >= 0.3 is 5.97 Å². The largest absolute Gasteiger partial charge is 0.466 e. The van der Waals surface area contributed by atoms with Gasteiger partial charge in [0.15, 0.2) is 0 Å². The topological polar surface area (TPSA) is 72.6 Å². The summed E-state index contributed by atoms with van der Waals surface area (Å²) in [5, 5.41) is 0. The van der Waals surface area contributed by atoms with E-state index in [9.17, 15) is 9.59 Å². The van der Waals surface area contributed by atoms with E-state index in [1.54, 1.807) is 24.0 Å². The highest BCUT2D eigenvalue weighted by Gasteiger charge is 2.30. The molecule has 0 bridgehead atoms. The number of piperidine rings is 1. The highest BCUT2D eigenvalue weighted by atomic mass is 16.5. The van der Waals surface area contributed by atoms with Crippen LogP contribution in [0.4, 0.5) is 5.69 Å². The Morgan fingerprint density at radius 1 is 1.43 bits per heavy atom. The number of carbonyl (C=O) groups is 2. The van der Waals surface area contributed by atoms with Gasteiger partial charge in [0.1, 0.15) is 0 Å². The molecular formula is C16H22N2O3. The molecule has 5 heteroatoms. The van der Waals surface area contributed by atoms with Crippen molar-refractivity contribution in [1.82, 2.24) is 4.90 Å². The lowest BCUT2D eigenvalue weighted by Crippen LogP contribution is -2.43. The molecule has 1 fully saturated rings. The summed E-state index contributed by atoms with van der Waals surface area (Å²) >= 11 is 0. The first-order valence-electron chi connectivity index (χ1n) is 7.35. The SMILES string of the molecule is CCOC(=O)C1CCCN(C(=O)c2cc(N)ccc2C)C1. The molecule has 0 radical (unpaired) electrons. The first kappa shape index (κ1) is 15.4. The summed E-state index contributed by atoms with van der Waals surface area (Å²) in [5.74, 6) is -0.489. The second-order valence-corrected chi connectivity index (χ2v) is 5.42. The number of nitrogens with two attached hydrogens (primary N) is 1. The van der Waals surface area contributed by atoms with Gasteiger partial charge in [0, 0.05) is 24.3 Å². The first-order valence-corrected chi connectivity index (χ1v) is 7.35. The van der Waals surface area contributed by atoms with Crippen molar-refractivity contribution >= 4 is 17.6 Å². The lowest BCUT2D eigenvalue weighted by molar-refractivity contribution is -0.149. The molecule has 1 aliphatic rings. The number of aryl methyl sites for hydroxylation is 1. The second-order valence-electron chi connectivity index (χ2n) is 5.42. The van der Waals surface area contributed by atoms with Crippen molar-refractivity contribution in [1.29, 1.82) is 0 Å². The van der Waals surface area contributed by atoms with E-state index in [4.69, 9.17) is 10.5 Å². The molecular weight excluding hydrogens is 268 g/mol. The fourth-order valence-corrected chi connectivity index (χ4v) is 2.65. The zero-order valence-corrected chi connectivity index (χ0v) is 12.6. The smallest absolute Gasteiger partial charge is 0.310 e. The van der Waals surface area contributed by atoms with Gasteiger partial charge in [0.25, 0.3) is 5.91 Å². The van der Waals surface area contributed by atoms with Crippen LogP contribution in [0.3, 0.4) is 0 Å². The van der Waals surface area contributed by atoms with E-state index in [1.165, 1.54) is 0 Å². The molecule has 1 aromatic carbocycles. The fourth-order valence-electron chi connectivity index (χ4n) is 2.65. The summed E-state index contributed by atoms with van der Waals surface area (Å²) in [7, 11) is 0. The van der Waals surface area contributed by atoms with Gasteiger partial charge in [0.05, 0.1) is 12.5 Å². The summed E-state index contributed by atoms with van der Waals surface area (Å²) in [6.45, 7) is 5.14. The predicted octanol–water partition coefficient (Wildman–Crippen LogP) is 1.99. The third kappa shape index (κ3) is 3.54. The van der Waals surface area contributed by atoms with Crippen LogP contribution in [0.1, 0.15) is 35.7 Å². The Bertz CT molecular complexity index is 542. The standard InChI is InChI=1S/C16H22N2O3/c1-3-21-16(20)12-5-4-8-18(10-12)15(19)14-9-13(17)7-6-11(14)2/h6-7,9,12H,3-5,8,10,17H2,1-2H3. The van der Waals surface area contributed by atoms with Crippen LogP contribution in [0.5, 0.6) is 0 Å². The van der Waals surface area contributed by atoms with Gasteiger partial charge in [-0.05, 0) is 44.4 Å². The number of benzene rings is 1. The minimum atomic E-state index is -0.219. The Hall–Kier alpha value is -2.04. The van der Waals surface area contributed by atoms with Gasteiger partial charge in [0.2, 0.25) is 0 Å². The molecule has 0 saturated carbocycles. The van der Waals surface area contributed by atoms with Gasteiger partial charge in [-0.1, -0.05) is 6.07 Å². The highest BCUT2D eigenvalue weighted by Crippen LogP contribution is 2.22. The van der Waals surface area contributed by atoms with Crippen molar-refractivity contribution in [2.45, 2.75) is 26.7 Å². The molecule has 21 heavy (non-hydrogen) atoms. The van der Waals surface area contributed by atoms with E-state index in [0.717, 1.165) is 18.4 Å². The summed E-state index contributed by atoms with van der Waals surface area (Å²) in [5.41, 5.74) is 7.84. The number of hydrogen-bond acceptors (Lipinski definition) is 4. The van der Waals surface area contributed by atoms with Gasteiger partial charge < -0.3 is 15.4 Å². The van der Waals surface area contributed by atoms with Crippen molar-refractivity contribution in [2.24, 2.45) is 5.92 Å². The fraction of sp³-hybridized carbons (Fsp3) is 0.500. The minimum absolute atomic E-state index is 0.0613. The van der Waals surface area contributed by atoms with Crippen LogP contribution in [-0.2, 0) is 9.53 Å². The first-order chi connectivity index (χ1) is 10.0. The average molecular weight is 290 g/mol. The maximum Gasteiger partial charge on any atom is 0.310 e. The van der Waals surface area contributed by atoms with Gasteiger partial charge in [-0.2, -0.15) is 0 Å². The number of carbonyl (C=O) groups excluding carboxylic acids is 2. The van der Waals surface area contributed by atoms with Crippen molar-refractivity contribution in [3.05, 3.63) is 29.3 Å². The molecule has 2 N–H and O–H groups in total. The van der Waals surface area contributed by atoms with Gasteiger partial charge in [-0.25, -0.2) is 0 Å². The molecule has 0 aromatic heterocycles. The molecule has 0 spiro atoms. The Morgan fingerprint density at radius 3 is 2.90 bits per heavy atom. The monoisotopic (exact) mass is 290 g/mol. The van der Waals surface area contributed by atoms with Crippen LogP contribution < -0.4 is 5.73 Å². The maximum absolute atomic E-state index is 12.6. The molecule has 1 aliphatic heterocycles. The van der Waals surface area contributed by atoms with Crippen LogP contribution in [0.15, 0.2) is 18.2 Å². The molecule has 2 rings (SSSR count). The lowest BCUT2D eigenvalue weighted by atomic mass is 9.97. The summed E-state index contributed by atoms with van der Waals surface area (Å²) in [6, 6.07) is 5.32. The number of nitrogens with zero attached hydrogens (tertiary/aromatic N) is 1. The number of esters is 1. The molecule has 1 atom stereocenters. The number of anilines is 1. The number of hydrogen-bond donors (Lipinski definition) is 1. The second kappa shape index (κ2) is 6.61. The zero-order valence-electron chi connectivity index (χ0n) is 12.6. The summed E-state index contributed by atoms with van der Waals surface area (Å²) in [4.78, 5) is 26.2. The van der Waals surface area contributed by atoms with Crippen LogP contribution in [-0.4, -0.2) is 36.5 Å². The quantitative estimate of drug-likeness (QED) is 0.682. The Morgan fingerprint density at radius 2 is 2.19 bits per heavy atom. The molecule has 1 saturated heterocycles. The van der Waals surface area contributed by atoms with E-state index in [-0.39, 0.29) is 17.8 Å². The van der Waals surface area contributed by atoms with E-state index < -0.39 is 0 Å². The molecule has 1 unspecified atom stereocenters. The Labute approximate surface area is 125 Å². The number of likely N-dealkylation sites (tertiary alicyclic amines) is 1. The molecule has 0 aliphatic carbocycles. The normalized spacial score (nSPS) is 18.4. The van der Waals surface area contributed by atoms with Crippen LogP contribution in [0.2, 0.25) is 0 Å². The van der Waals surface area contributed by atoms with Crippen LogP contribution in [0.25, 0.3) is 0 Å². The van der Waals surface area contributed by atoms with E-state index in [0.29, 0.717) is 30.9 Å². The Balaban J connectivity index is 2.12. The van der Waals surface area contributed by atoms with Crippen molar-refractivity contribution < 1.29 is 14.3 Å². The minimum Gasteiger partial charge on any atom is -0.466 e. The number of ether oxygens (including phenoxy) is 1. The van der Waals surface area contributed by atoms with E-state index in [1.807, 2.05) is 13.0 Å². The maximum atomic E-state index is 12.6. The molecule has 1 amide bonds. The summed E-state index contributed by atoms with van der Waals surface area (Å²) < 4.78 is 5.06. The molecule has 5 nitrogen and oxygen atoms in total. The van der Waals surface area contributed by atoms with Crippen LogP contribution in [0, 0.1) is 12.8 Å². The molecule has 114 valence electrons. The number of rotatable bonds is 3. The van der Waals surface area contributed by atoms with Gasteiger partial charge in [-0.3, -0.25) is 9.59 Å². The third-order valence-corrected chi connectivity index (χ3v) is 3.82. The third-order valence-electron chi connectivity index (χ3n) is 3.82. The molecule has 1 heterocycles. The zero-order chi connectivity index (χ0) is 15.4. The van der Waals surface area contributed by atoms with Crippen molar-refractivity contribution in [3.8, 4) is 0 Å².